The van der Waals surface area contributed by atoms with Crippen LogP contribution in [0.1, 0.15) is 39.3 Å². The molecule has 0 saturated heterocycles. The molecule has 1 atom stereocenters. The highest BCUT2D eigenvalue weighted by Gasteiger charge is 2.19. The van der Waals surface area contributed by atoms with Crippen LogP contribution in [0.4, 0.5) is 0 Å². The maximum absolute atomic E-state index is 12.2. The van der Waals surface area contributed by atoms with Crippen LogP contribution in [0.25, 0.3) is 0 Å². The van der Waals surface area contributed by atoms with Crippen LogP contribution in [0.15, 0.2) is 17.4 Å². The Balaban J connectivity index is 0.00000676. The van der Waals surface area contributed by atoms with Crippen LogP contribution in [-0.2, 0) is 11.8 Å². The maximum atomic E-state index is 12.2. The molecule has 0 spiro atoms. The molecule has 1 amide bonds. The summed E-state index contributed by atoms with van der Waals surface area (Å²) in [6, 6.07) is 0.120. The van der Waals surface area contributed by atoms with Gasteiger partial charge in [-0.05, 0) is 41.8 Å². The molecule has 1 aromatic heterocycles. The van der Waals surface area contributed by atoms with Gasteiger partial charge in [0.2, 0.25) is 5.91 Å². The van der Waals surface area contributed by atoms with Crippen molar-refractivity contribution in [2.75, 3.05) is 40.8 Å². The van der Waals surface area contributed by atoms with Crippen molar-refractivity contribution in [2.24, 2.45) is 12.0 Å². The molecule has 1 rings (SSSR count). The van der Waals surface area contributed by atoms with E-state index in [9.17, 15) is 4.79 Å². The Bertz CT molecular complexity index is 607. The number of nitrogens with one attached hydrogen (secondary N) is 2. The summed E-state index contributed by atoms with van der Waals surface area (Å²) >= 11 is 0. The molecule has 1 aromatic rings. The highest BCUT2D eigenvalue weighted by atomic mass is 127. The van der Waals surface area contributed by atoms with Crippen molar-refractivity contribution in [1.29, 1.82) is 0 Å². The number of hydrogen-bond donors (Lipinski definition) is 2. The Hall–Kier alpha value is -1.36. The molecule has 2 N–H and O–H groups in total. The number of aryl methyl sites for hydroxylation is 1. The first-order chi connectivity index (χ1) is 12.0. The average molecular weight is 493 g/mol. The zero-order valence-corrected chi connectivity index (χ0v) is 20.2. The van der Waals surface area contributed by atoms with Gasteiger partial charge in [0.05, 0.1) is 25.3 Å². The predicted molar refractivity (Wildman–Crippen MR) is 122 cm³/mol. The molecule has 0 aliphatic heterocycles. The van der Waals surface area contributed by atoms with Gasteiger partial charge in [0.25, 0.3) is 0 Å². The Morgan fingerprint density at radius 2 is 1.96 bits per heavy atom. The quantitative estimate of drug-likeness (QED) is 0.342. The fourth-order valence-electron chi connectivity index (χ4n) is 2.57. The third kappa shape index (κ3) is 9.41. The second-order valence-corrected chi connectivity index (χ2v) is 7.78. The van der Waals surface area contributed by atoms with Gasteiger partial charge in [-0.15, -0.1) is 24.0 Å². The fraction of sp³-hybridized carbons (Fsp3) is 0.722. The van der Waals surface area contributed by atoms with Crippen molar-refractivity contribution in [3.63, 3.8) is 0 Å². The van der Waals surface area contributed by atoms with Gasteiger partial charge in [-0.1, -0.05) is 0 Å². The largest absolute Gasteiger partial charge is 0.357 e. The lowest BCUT2D eigenvalue weighted by Gasteiger charge is -2.26. The van der Waals surface area contributed by atoms with E-state index in [1.807, 2.05) is 73.2 Å². The smallest absolute Gasteiger partial charge is 0.240 e. The highest BCUT2D eigenvalue weighted by molar-refractivity contribution is 14.0. The van der Waals surface area contributed by atoms with Crippen LogP contribution in [0, 0.1) is 0 Å². The molecule has 9 heteroatoms. The molecule has 1 unspecified atom stereocenters. The van der Waals surface area contributed by atoms with E-state index in [1.54, 1.807) is 4.68 Å². The molecule has 27 heavy (non-hydrogen) atoms. The molecule has 0 bridgehead atoms. The van der Waals surface area contributed by atoms with Crippen LogP contribution < -0.4 is 10.6 Å². The van der Waals surface area contributed by atoms with Gasteiger partial charge < -0.3 is 20.4 Å². The van der Waals surface area contributed by atoms with Crippen LogP contribution in [-0.4, -0.2) is 77.8 Å². The number of amides is 1. The summed E-state index contributed by atoms with van der Waals surface area (Å²) in [5.74, 6) is 0.689. The first-order valence-electron chi connectivity index (χ1n) is 8.99. The lowest BCUT2D eigenvalue weighted by atomic mass is 10.1. The molecular formula is C18H36IN7O. The van der Waals surface area contributed by atoms with Gasteiger partial charge in [-0.3, -0.25) is 14.5 Å². The number of carbonyl (C=O) groups excluding carboxylic acids is 1. The first kappa shape index (κ1) is 25.6. The van der Waals surface area contributed by atoms with Crippen LogP contribution in [0.2, 0.25) is 0 Å². The number of halogens is 1. The van der Waals surface area contributed by atoms with E-state index in [-0.39, 0.29) is 48.0 Å². The molecule has 0 fully saturated rings. The van der Waals surface area contributed by atoms with Gasteiger partial charge >= 0.3 is 0 Å². The van der Waals surface area contributed by atoms with Crippen molar-refractivity contribution < 1.29 is 4.79 Å². The normalized spacial score (nSPS) is 13.1. The fourth-order valence-corrected chi connectivity index (χ4v) is 2.57. The van der Waals surface area contributed by atoms with E-state index < -0.39 is 0 Å². The molecule has 1 heterocycles. The van der Waals surface area contributed by atoms with E-state index in [1.165, 1.54) is 0 Å². The summed E-state index contributed by atoms with van der Waals surface area (Å²) in [6.45, 7) is 9.50. The molecule has 156 valence electrons. The van der Waals surface area contributed by atoms with Gasteiger partial charge in [0.15, 0.2) is 5.96 Å². The van der Waals surface area contributed by atoms with E-state index in [2.05, 4.69) is 20.6 Å². The second-order valence-electron chi connectivity index (χ2n) is 7.78. The highest BCUT2D eigenvalue weighted by Crippen LogP contribution is 2.17. The number of aliphatic imine (C=N–C) groups is 1. The van der Waals surface area contributed by atoms with Gasteiger partial charge in [0, 0.05) is 37.9 Å². The van der Waals surface area contributed by atoms with E-state index in [4.69, 9.17) is 4.99 Å². The molecule has 0 saturated carbocycles. The number of aromatic nitrogens is 2. The summed E-state index contributed by atoms with van der Waals surface area (Å²) in [5, 5.41) is 10.5. The third-order valence-corrected chi connectivity index (χ3v) is 3.74. The minimum absolute atomic E-state index is 0. The van der Waals surface area contributed by atoms with Gasteiger partial charge in [-0.2, -0.15) is 5.10 Å². The van der Waals surface area contributed by atoms with Crippen LogP contribution >= 0.6 is 24.0 Å². The molecule has 0 radical (unpaired) electrons. The summed E-state index contributed by atoms with van der Waals surface area (Å²) in [5.41, 5.74) is 0.870. The maximum Gasteiger partial charge on any atom is 0.240 e. The van der Waals surface area contributed by atoms with E-state index in [0.29, 0.717) is 12.5 Å². The zero-order valence-electron chi connectivity index (χ0n) is 17.9. The minimum Gasteiger partial charge on any atom is -0.357 e. The summed E-state index contributed by atoms with van der Waals surface area (Å²) in [7, 11) is 7.84. The average Bonchev–Trinajstić information content (AvgIpc) is 2.90. The van der Waals surface area contributed by atoms with E-state index >= 15 is 0 Å². The second kappa shape index (κ2) is 11.5. The number of guanidine groups is 1. The number of likely N-dealkylation sites (N-methyl/N-ethyl adjacent to an activating group) is 2. The van der Waals surface area contributed by atoms with Gasteiger partial charge in [0.1, 0.15) is 0 Å². The van der Waals surface area contributed by atoms with E-state index in [0.717, 1.165) is 12.1 Å². The van der Waals surface area contributed by atoms with Crippen LogP contribution in [0.3, 0.4) is 0 Å². The Morgan fingerprint density at radius 3 is 2.41 bits per heavy atom. The standard InChI is InChI=1S/C18H35N7O.HI/c1-9-19-17(24(7)13-16(26)22-18(2,3)4)20-11-15(23(5)6)14-10-21-25(8)12-14;/h10,12,15H,9,11,13H2,1-8H3,(H,19,20)(H,22,26);1H. The van der Waals surface area contributed by atoms with Crippen molar-refractivity contribution >= 4 is 35.8 Å². The molecule has 0 aliphatic carbocycles. The van der Waals surface area contributed by atoms with Crippen molar-refractivity contribution in [3.05, 3.63) is 18.0 Å². The lowest BCUT2D eigenvalue weighted by molar-refractivity contribution is -0.122. The molecule has 0 aromatic carbocycles. The summed E-state index contributed by atoms with van der Waals surface area (Å²) in [6.07, 6.45) is 3.88. The lowest BCUT2D eigenvalue weighted by Crippen LogP contribution is -2.49. The number of nitrogens with zero attached hydrogens (tertiary/aromatic N) is 5. The number of rotatable bonds is 7. The molecule has 0 aliphatic rings. The zero-order chi connectivity index (χ0) is 19.9. The third-order valence-electron chi connectivity index (χ3n) is 3.74. The summed E-state index contributed by atoms with van der Waals surface area (Å²) in [4.78, 5) is 20.9. The van der Waals surface area contributed by atoms with Crippen molar-refractivity contribution in [3.8, 4) is 0 Å². The monoisotopic (exact) mass is 493 g/mol. The van der Waals surface area contributed by atoms with Crippen molar-refractivity contribution in [1.82, 2.24) is 30.2 Å². The SMILES string of the molecule is CCNC(=NCC(c1cnn(C)c1)N(C)C)N(C)CC(=O)NC(C)(C)C.I. The Morgan fingerprint density at radius 1 is 1.33 bits per heavy atom. The van der Waals surface area contributed by atoms with Gasteiger partial charge in [-0.25, -0.2) is 0 Å². The Labute approximate surface area is 180 Å². The summed E-state index contributed by atoms with van der Waals surface area (Å²) < 4.78 is 1.80. The number of hydrogen-bond acceptors (Lipinski definition) is 4. The van der Waals surface area contributed by atoms with Crippen molar-refractivity contribution in [2.45, 2.75) is 39.3 Å². The van der Waals surface area contributed by atoms with Crippen LogP contribution in [0.5, 0.6) is 0 Å². The molecule has 8 nitrogen and oxygen atoms in total. The first-order valence-corrected chi connectivity index (χ1v) is 8.99. The molecular weight excluding hydrogens is 457 g/mol. The number of carbonyl (C=O) groups is 1. The minimum atomic E-state index is -0.246. The topological polar surface area (TPSA) is 77.8 Å². The predicted octanol–water partition coefficient (Wildman–Crippen LogP) is 1.45. The Kier molecular flexibility index (Phi) is 10.9.